The summed E-state index contributed by atoms with van der Waals surface area (Å²) < 4.78 is 7.10. The van der Waals surface area contributed by atoms with Gasteiger partial charge in [-0.3, -0.25) is 4.79 Å². The van der Waals surface area contributed by atoms with Gasteiger partial charge < -0.3 is 4.74 Å². The van der Waals surface area contributed by atoms with Gasteiger partial charge in [-0.1, -0.05) is 41.3 Å². The van der Waals surface area contributed by atoms with E-state index in [2.05, 4.69) is 15.9 Å². The molecule has 0 N–H and O–H groups in total. The van der Waals surface area contributed by atoms with E-state index in [1.165, 1.54) is 19.3 Å². The van der Waals surface area contributed by atoms with Gasteiger partial charge in [-0.2, -0.15) is 0 Å². The van der Waals surface area contributed by atoms with Crippen molar-refractivity contribution in [2.75, 3.05) is 6.61 Å². The summed E-state index contributed by atoms with van der Waals surface area (Å²) in [5.74, 6) is 0.437. The number of ketones is 1. The molecule has 0 bridgehead atoms. The van der Waals surface area contributed by atoms with Crippen LogP contribution in [0.1, 0.15) is 60.9 Å². The highest BCUT2D eigenvalue weighted by Crippen LogP contribution is 2.41. The van der Waals surface area contributed by atoms with Gasteiger partial charge in [-0.05, 0) is 50.3 Å². The van der Waals surface area contributed by atoms with Crippen molar-refractivity contribution in [3.05, 3.63) is 33.8 Å². The second-order valence-electron chi connectivity index (χ2n) is 6.61. The van der Waals surface area contributed by atoms with Crippen molar-refractivity contribution in [2.24, 2.45) is 5.92 Å². The Hall–Kier alpha value is -0.670. The average molecular weight is 351 g/mol. The van der Waals surface area contributed by atoms with Crippen LogP contribution in [0.5, 0.6) is 0 Å². The van der Waals surface area contributed by atoms with Crippen LogP contribution >= 0.6 is 15.9 Å². The first-order valence-corrected chi connectivity index (χ1v) is 8.83. The molecule has 1 aliphatic carbocycles. The van der Waals surface area contributed by atoms with E-state index in [9.17, 15) is 4.79 Å². The smallest absolute Gasteiger partial charge is 0.166 e. The van der Waals surface area contributed by atoms with Crippen LogP contribution in [0.25, 0.3) is 0 Å². The zero-order chi connectivity index (χ0) is 14.9. The van der Waals surface area contributed by atoms with E-state index in [0.717, 1.165) is 47.9 Å². The van der Waals surface area contributed by atoms with Crippen molar-refractivity contribution < 1.29 is 9.53 Å². The minimum absolute atomic E-state index is 0.00323. The summed E-state index contributed by atoms with van der Waals surface area (Å²) in [6, 6.07) is 5.99. The van der Waals surface area contributed by atoms with Gasteiger partial charge in [0.2, 0.25) is 0 Å². The molecule has 1 aliphatic heterocycles. The Morgan fingerprint density at radius 1 is 1.29 bits per heavy atom. The Morgan fingerprint density at radius 2 is 2.05 bits per heavy atom. The van der Waals surface area contributed by atoms with Gasteiger partial charge in [0.05, 0.1) is 5.60 Å². The van der Waals surface area contributed by atoms with Crippen LogP contribution in [0, 0.1) is 12.8 Å². The Morgan fingerprint density at radius 3 is 2.81 bits per heavy atom. The monoisotopic (exact) mass is 350 g/mol. The van der Waals surface area contributed by atoms with E-state index in [0.29, 0.717) is 5.78 Å². The van der Waals surface area contributed by atoms with Crippen LogP contribution < -0.4 is 0 Å². The maximum atomic E-state index is 12.9. The van der Waals surface area contributed by atoms with E-state index < -0.39 is 0 Å². The largest absolute Gasteiger partial charge is 0.375 e. The molecule has 1 aromatic rings. The third-order valence-corrected chi connectivity index (χ3v) is 5.59. The number of carbonyl (C=O) groups is 1. The fourth-order valence-corrected chi connectivity index (χ4v) is 4.24. The Bertz CT molecular complexity index is 527. The molecule has 0 amide bonds. The highest BCUT2D eigenvalue weighted by Gasteiger charge is 2.40. The van der Waals surface area contributed by atoms with E-state index in [-0.39, 0.29) is 11.5 Å². The highest BCUT2D eigenvalue weighted by atomic mass is 79.9. The molecular weight excluding hydrogens is 328 g/mol. The SMILES string of the molecule is Cc1ccc(Br)cc1C(=O)C1CCOC2(CCCCC2)C1. The quantitative estimate of drug-likeness (QED) is 0.696. The van der Waals surface area contributed by atoms with Crippen LogP contribution in [-0.2, 0) is 4.74 Å². The summed E-state index contributed by atoms with van der Waals surface area (Å²) in [5, 5.41) is 0. The minimum atomic E-state index is -0.00323. The van der Waals surface area contributed by atoms with Gasteiger partial charge in [0.1, 0.15) is 0 Å². The lowest BCUT2D eigenvalue weighted by Gasteiger charge is -2.43. The number of hydrogen-bond acceptors (Lipinski definition) is 2. The van der Waals surface area contributed by atoms with Gasteiger partial charge in [0, 0.05) is 22.6 Å². The van der Waals surface area contributed by atoms with Crippen molar-refractivity contribution in [1.29, 1.82) is 0 Å². The first kappa shape index (κ1) is 15.2. The van der Waals surface area contributed by atoms with E-state index in [1.807, 2.05) is 25.1 Å². The normalized spacial score (nSPS) is 25.0. The number of aryl methyl sites for hydroxylation is 1. The van der Waals surface area contributed by atoms with Crippen molar-refractivity contribution in [3.8, 4) is 0 Å². The molecule has 2 fully saturated rings. The number of carbonyl (C=O) groups excluding carboxylic acids is 1. The summed E-state index contributed by atoms with van der Waals surface area (Å²) in [4.78, 5) is 12.9. The average Bonchev–Trinajstić information content (AvgIpc) is 2.50. The highest BCUT2D eigenvalue weighted by molar-refractivity contribution is 9.10. The molecule has 1 unspecified atom stereocenters. The molecule has 114 valence electrons. The number of rotatable bonds is 2. The maximum absolute atomic E-state index is 12.9. The van der Waals surface area contributed by atoms with Crippen molar-refractivity contribution >= 4 is 21.7 Å². The predicted octanol–water partition coefficient (Wildman–Crippen LogP) is 5.07. The number of hydrogen-bond donors (Lipinski definition) is 0. The van der Waals surface area contributed by atoms with Crippen molar-refractivity contribution in [3.63, 3.8) is 0 Å². The number of benzene rings is 1. The lowest BCUT2D eigenvalue weighted by atomic mass is 9.74. The second-order valence-corrected chi connectivity index (χ2v) is 7.52. The molecule has 2 aliphatic rings. The van der Waals surface area contributed by atoms with Gasteiger partial charge in [0.15, 0.2) is 5.78 Å². The van der Waals surface area contributed by atoms with Crippen molar-refractivity contribution in [1.82, 2.24) is 0 Å². The number of ether oxygens (including phenoxy) is 1. The summed E-state index contributed by atoms with van der Waals surface area (Å²) in [6.07, 6.45) is 7.86. The van der Waals surface area contributed by atoms with Crippen LogP contribution in [0.2, 0.25) is 0 Å². The first-order valence-electron chi connectivity index (χ1n) is 8.04. The molecule has 1 atom stereocenters. The number of halogens is 1. The Balaban J connectivity index is 1.79. The zero-order valence-corrected chi connectivity index (χ0v) is 14.2. The molecule has 1 saturated heterocycles. The summed E-state index contributed by atoms with van der Waals surface area (Å²) in [6.45, 7) is 2.76. The Labute approximate surface area is 135 Å². The first-order chi connectivity index (χ1) is 10.1. The third-order valence-electron chi connectivity index (χ3n) is 5.09. The summed E-state index contributed by atoms with van der Waals surface area (Å²) >= 11 is 3.48. The number of Topliss-reactive ketones (excluding diaryl/α,β-unsaturated/α-hetero) is 1. The molecule has 2 nitrogen and oxygen atoms in total. The van der Waals surface area contributed by atoms with Gasteiger partial charge in [-0.15, -0.1) is 0 Å². The fourth-order valence-electron chi connectivity index (χ4n) is 3.88. The summed E-state index contributed by atoms with van der Waals surface area (Å²) in [7, 11) is 0. The van der Waals surface area contributed by atoms with Gasteiger partial charge in [-0.25, -0.2) is 0 Å². The molecule has 1 heterocycles. The molecule has 21 heavy (non-hydrogen) atoms. The lowest BCUT2D eigenvalue weighted by molar-refractivity contribution is -0.111. The van der Waals surface area contributed by atoms with Crippen LogP contribution in [0.3, 0.4) is 0 Å². The van der Waals surface area contributed by atoms with Crippen LogP contribution in [-0.4, -0.2) is 18.0 Å². The molecule has 0 aromatic heterocycles. The van der Waals surface area contributed by atoms with Gasteiger partial charge >= 0.3 is 0 Å². The van der Waals surface area contributed by atoms with Crippen molar-refractivity contribution in [2.45, 2.75) is 57.5 Å². The molecule has 3 rings (SSSR count). The third kappa shape index (κ3) is 3.24. The van der Waals surface area contributed by atoms with E-state index in [1.54, 1.807) is 0 Å². The second kappa shape index (κ2) is 6.21. The van der Waals surface area contributed by atoms with Crippen LogP contribution in [0.15, 0.2) is 22.7 Å². The van der Waals surface area contributed by atoms with Crippen LogP contribution in [0.4, 0.5) is 0 Å². The zero-order valence-electron chi connectivity index (χ0n) is 12.7. The molecule has 1 saturated carbocycles. The topological polar surface area (TPSA) is 26.3 Å². The molecule has 3 heteroatoms. The van der Waals surface area contributed by atoms with E-state index in [4.69, 9.17) is 4.74 Å². The molecule has 0 radical (unpaired) electrons. The fraction of sp³-hybridized carbons (Fsp3) is 0.611. The molecule has 1 aromatic carbocycles. The standard InChI is InChI=1S/C18H23BrO2/c1-13-5-6-15(19)11-16(13)17(20)14-7-10-21-18(12-14)8-3-2-4-9-18/h5-6,11,14H,2-4,7-10,12H2,1H3. The maximum Gasteiger partial charge on any atom is 0.166 e. The minimum Gasteiger partial charge on any atom is -0.375 e. The van der Waals surface area contributed by atoms with E-state index >= 15 is 0 Å². The summed E-state index contributed by atoms with van der Waals surface area (Å²) in [5.41, 5.74) is 1.95. The van der Waals surface area contributed by atoms with Gasteiger partial charge in [0.25, 0.3) is 0 Å². The Kier molecular flexibility index (Phi) is 4.51. The molecule has 1 spiro atoms. The molecular formula is C18H23BrO2. The lowest BCUT2D eigenvalue weighted by Crippen LogP contribution is -2.43. The predicted molar refractivity (Wildman–Crippen MR) is 87.7 cm³/mol.